The van der Waals surface area contributed by atoms with E-state index in [0.29, 0.717) is 25.5 Å². The number of nitrogens with one attached hydrogen (secondary N) is 2. The first-order chi connectivity index (χ1) is 9.17. The number of carbonyl (C=O) groups is 1. The fourth-order valence-corrected chi connectivity index (χ4v) is 1.59. The molecule has 0 unspecified atom stereocenters. The number of aliphatic imine (C=N–C) groups is 1. The Balaban J connectivity index is 0.00000361. The molecule has 0 radical (unpaired) electrons. The average molecular weight is 391 g/mol. The van der Waals surface area contributed by atoms with Crippen LogP contribution in [-0.4, -0.2) is 32.6 Å². The Morgan fingerprint density at radius 1 is 1.30 bits per heavy atom. The van der Waals surface area contributed by atoms with Crippen molar-refractivity contribution in [1.82, 2.24) is 10.6 Å². The predicted molar refractivity (Wildman–Crippen MR) is 91.4 cm³/mol. The molecule has 0 bridgehead atoms. The molecule has 0 aliphatic heterocycles. The second-order valence-electron chi connectivity index (χ2n) is 4.11. The number of esters is 1. The fraction of sp³-hybridized carbons (Fsp3) is 0.429. The van der Waals surface area contributed by atoms with Crippen LogP contribution in [0.3, 0.4) is 0 Å². The molecule has 0 spiro atoms. The molecule has 0 aliphatic carbocycles. The summed E-state index contributed by atoms with van der Waals surface area (Å²) in [5.41, 5.74) is 2.46. The first kappa shape index (κ1) is 18.7. The van der Waals surface area contributed by atoms with Gasteiger partial charge in [-0.05, 0) is 18.1 Å². The third-order valence-electron chi connectivity index (χ3n) is 2.78. The zero-order chi connectivity index (χ0) is 14.1. The number of methoxy groups -OCH3 is 1. The Hall–Kier alpha value is -1.31. The van der Waals surface area contributed by atoms with Gasteiger partial charge in [0.15, 0.2) is 5.96 Å². The van der Waals surface area contributed by atoms with E-state index in [2.05, 4.69) is 39.4 Å². The third kappa shape index (κ3) is 6.74. The Kier molecular flexibility index (Phi) is 9.79. The molecule has 2 N–H and O–H groups in total. The van der Waals surface area contributed by atoms with Crippen LogP contribution in [0.25, 0.3) is 0 Å². The van der Waals surface area contributed by atoms with Crippen LogP contribution in [-0.2, 0) is 16.1 Å². The molecule has 6 heteroatoms. The van der Waals surface area contributed by atoms with Gasteiger partial charge in [-0.1, -0.05) is 24.3 Å². The lowest BCUT2D eigenvalue weighted by Crippen LogP contribution is -2.38. The van der Waals surface area contributed by atoms with Gasteiger partial charge >= 0.3 is 5.97 Å². The zero-order valence-electron chi connectivity index (χ0n) is 12.1. The number of rotatable bonds is 5. The van der Waals surface area contributed by atoms with Crippen molar-refractivity contribution in [3.05, 3.63) is 35.4 Å². The minimum Gasteiger partial charge on any atom is -0.469 e. The monoisotopic (exact) mass is 391 g/mol. The summed E-state index contributed by atoms with van der Waals surface area (Å²) in [6.45, 7) is 3.27. The largest absolute Gasteiger partial charge is 0.469 e. The molecular formula is C14H22IN3O2. The minimum atomic E-state index is -0.234. The van der Waals surface area contributed by atoms with Crippen LogP contribution in [0.2, 0.25) is 0 Å². The number of aryl methyl sites for hydroxylation is 1. The lowest BCUT2D eigenvalue weighted by molar-refractivity contribution is -0.140. The van der Waals surface area contributed by atoms with Gasteiger partial charge in [0.1, 0.15) is 0 Å². The molecule has 112 valence electrons. The first-order valence-electron chi connectivity index (χ1n) is 6.23. The number of hydrogen-bond acceptors (Lipinski definition) is 3. The number of halogens is 1. The van der Waals surface area contributed by atoms with Crippen LogP contribution in [0.15, 0.2) is 29.3 Å². The Labute approximate surface area is 137 Å². The molecule has 20 heavy (non-hydrogen) atoms. The third-order valence-corrected chi connectivity index (χ3v) is 2.78. The maximum atomic E-state index is 11.0. The molecule has 0 saturated carbocycles. The van der Waals surface area contributed by atoms with Gasteiger partial charge in [-0.2, -0.15) is 0 Å². The van der Waals surface area contributed by atoms with Gasteiger partial charge in [0.25, 0.3) is 0 Å². The number of nitrogens with zero attached hydrogens (tertiary/aromatic N) is 1. The van der Waals surface area contributed by atoms with Crippen molar-refractivity contribution in [3.63, 3.8) is 0 Å². The van der Waals surface area contributed by atoms with E-state index >= 15 is 0 Å². The number of hydrogen-bond donors (Lipinski definition) is 2. The lowest BCUT2D eigenvalue weighted by Gasteiger charge is -2.12. The topological polar surface area (TPSA) is 62.7 Å². The van der Waals surface area contributed by atoms with Crippen molar-refractivity contribution >= 4 is 35.9 Å². The van der Waals surface area contributed by atoms with E-state index in [1.54, 1.807) is 7.05 Å². The first-order valence-corrected chi connectivity index (χ1v) is 6.23. The van der Waals surface area contributed by atoms with Crippen molar-refractivity contribution in [2.24, 2.45) is 4.99 Å². The van der Waals surface area contributed by atoms with Crippen LogP contribution in [0.1, 0.15) is 17.5 Å². The molecule has 1 rings (SSSR count). The van der Waals surface area contributed by atoms with Crippen molar-refractivity contribution in [3.8, 4) is 0 Å². The van der Waals surface area contributed by atoms with E-state index in [9.17, 15) is 4.79 Å². The summed E-state index contributed by atoms with van der Waals surface area (Å²) in [5.74, 6) is 0.439. The van der Waals surface area contributed by atoms with Crippen LogP contribution in [0.5, 0.6) is 0 Å². The highest BCUT2D eigenvalue weighted by Crippen LogP contribution is 2.05. The van der Waals surface area contributed by atoms with Gasteiger partial charge in [0, 0.05) is 20.1 Å². The van der Waals surface area contributed by atoms with Crippen molar-refractivity contribution < 1.29 is 9.53 Å². The standard InChI is InChI=1S/C14H21N3O2.HI/c1-11-6-4-5-7-12(11)10-17-14(15-2)16-9-8-13(18)19-3;/h4-7H,8-10H2,1-3H3,(H2,15,16,17);1H. The van der Waals surface area contributed by atoms with Gasteiger partial charge in [-0.15, -0.1) is 24.0 Å². The van der Waals surface area contributed by atoms with Crippen LogP contribution < -0.4 is 10.6 Å². The Morgan fingerprint density at radius 2 is 2.00 bits per heavy atom. The predicted octanol–water partition coefficient (Wildman–Crippen LogP) is 1.84. The van der Waals surface area contributed by atoms with E-state index in [-0.39, 0.29) is 29.9 Å². The molecule has 5 nitrogen and oxygen atoms in total. The van der Waals surface area contributed by atoms with E-state index in [1.165, 1.54) is 18.2 Å². The highest BCUT2D eigenvalue weighted by atomic mass is 127. The summed E-state index contributed by atoms with van der Waals surface area (Å²) in [6.07, 6.45) is 0.321. The highest BCUT2D eigenvalue weighted by Gasteiger charge is 2.02. The van der Waals surface area contributed by atoms with Gasteiger partial charge in [0.05, 0.1) is 13.5 Å². The summed E-state index contributed by atoms with van der Waals surface area (Å²) >= 11 is 0. The zero-order valence-corrected chi connectivity index (χ0v) is 14.4. The van der Waals surface area contributed by atoms with Gasteiger partial charge in [0.2, 0.25) is 0 Å². The van der Waals surface area contributed by atoms with E-state index in [1.807, 2.05) is 12.1 Å². The quantitative estimate of drug-likeness (QED) is 0.348. The summed E-state index contributed by atoms with van der Waals surface area (Å²) in [7, 11) is 3.08. The number of carbonyl (C=O) groups excluding carboxylic acids is 1. The number of guanidine groups is 1. The molecule has 0 heterocycles. The Bertz CT molecular complexity index is 450. The SMILES string of the molecule is CN=C(NCCC(=O)OC)NCc1ccccc1C.I. The molecule has 1 aromatic carbocycles. The average Bonchev–Trinajstić information content (AvgIpc) is 2.43. The van der Waals surface area contributed by atoms with Crippen molar-refractivity contribution in [1.29, 1.82) is 0 Å². The molecular weight excluding hydrogens is 369 g/mol. The van der Waals surface area contributed by atoms with Crippen LogP contribution in [0, 0.1) is 6.92 Å². The van der Waals surface area contributed by atoms with Gasteiger partial charge < -0.3 is 15.4 Å². The second-order valence-corrected chi connectivity index (χ2v) is 4.11. The number of benzene rings is 1. The molecule has 0 fully saturated rings. The highest BCUT2D eigenvalue weighted by molar-refractivity contribution is 14.0. The maximum absolute atomic E-state index is 11.0. The molecule has 0 aliphatic rings. The number of ether oxygens (including phenoxy) is 1. The normalized spacial score (nSPS) is 10.4. The summed E-state index contributed by atoms with van der Waals surface area (Å²) in [4.78, 5) is 15.1. The van der Waals surface area contributed by atoms with Crippen molar-refractivity contribution in [2.75, 3.05) is 20.7 Å². The molecule has 0 amide bonds. The second kappa shape index (κ2) is 10.5. The summed E-state index contributed by atoms with van der Waals surface area (Å²) in [6, 6.07) is 8.17. The molecule has 1 aromatic rings. The van der Waals surface area contributed by atoms with Gasteiger partial charge in [-0.25, -0.2) is 0 Å². The lowest BCUT2D eigenvalue weighted by atomic mass is 10.1. The summed E-state index contributed by atoms with van der Waals surface area (Å²) in [5, 5.41) is 6.27. The maximum Gasteiger partial charge on any atom is 0.307 e. The molecule has 0 aromatic heterocycles. The smallest absolute Gasteiger partial charge is 0.307 e. The van der Waals surface area contributed by atoms with E-state index in [0.717, 1.165) is 0 Å². The Morgan fingerprint density at radius 3 is 2.60 bits per heavy atom. The van der Waals surface area contributed by atoms with Crippen molar-refractivity contribution in [2.45, 2.75) is 19.9 Å². The van der Waals surface area contributed by atoms with Gasteiger partial charge in [-0.3, -0.25) is 9.79 Å². The van der Waals surface area contributed by atoms with Crippen LogP contribution in [0.4, 0.5) is 0 Å². The minimum absolute atomic E-state index is 0. The van der Waals surface area contributed by atoms with E-state index < -0.39 is 0 Å². The van der Waals surface area contributed by atoms with Crippen LogP contribution >= 0.6 is 24.0 Å². The molecule has 0 atom stereocenters. The fourth-order valence-electron chi connectivity index (χ4n) is 1.59. The summed E-state index contributed by atoms with van der Waals surface area (Å²) < 4.78 is 4.57. The van der Waals surface area contributed by atoms with E-state index in [4.69, 9.17) is 0 Å². The molecule has 0 saturated heterocycles.